The molecule has 98 valence electrons. The molecule has 0 aliphatic carbocycles. The maximum atomic E-state index is 12.0. The lowest BCUT2D eigenvalue weighted by Crippen LogP contribution is -2.33. The van der Waals surface area contributed by atoms with Gasteiger partial charge in [-0.15, -0.1) is 0 Å². The van der Waals surface area contributed by atoms with E-state index in [0.29, 0.717) is 18.1 Å². The molecule has 1 aliphatic heterocycles. The number of fused-ring (bicyclic) bond motifs is 1. The zero-order valence-corrected chi connectivity index (χ0v) is 12.9. The Hall–Kier alpha value is -0.740. The van der Waals surface area contributed by atoms with Crippen LogP contribution in [-0.4, -0.2) is 16.6 Å². The first-order valence-electron chi connectivity index (χ1n) is 5.71. The topological polar surface area (TPSA) is 29.5 Å². The Balaban J connectivity index is 2.15. The molecule has 1 amide bonds. The Labute approximate surface area is 120 Å². The second-order valence-corrected chi connectivity index (χ2v) is 6.68. The van der Waals surface area contributed by atoms with E-state index in [9.17, 15) is 4.79 Å². The van der Waals surface area contributed by atoms with Crippen LogP contribution < -0.4 is 0 Å². The first-order valence-corrected chi connectivity index (χ1v) is 6.88. The summed E-state index contributed by atoms with van der Waals surface area (Å²) in [5, 5.41) is 0.686. The number of hydrogen-bond acceptors (Lipinski definition) is 2. The fraction of sp³-hybridized carbons (Fsp3) is 0.462. The summed E-state index contributed by atoms with van der Waals surface area (Å²) in [6.07, 6.45) is -0.300. The molecule has 1 heterocycles. The van der Waals surface area contributed by atoms with Crippen LogP contribution in [-0.2, 0) is 17.8 Å². The van der Waals surface area contributed by atoms with Crippen molar-refractivity contribution in [2.75, 3.05) is 0 Å². The molecule has 5 heteroatoms. The number of amides is 1. The predicted molar refractivity (Wildman–Crippen MR) is 74.6 cm³/mol. The summed E-state index contributed by atoms with van der Waals surface area (Å²) in [5.74, 6) is 0. The van der Waals surface area contributed by atoms with E-state index < -0.39 is 5.60 Å². The fourth-order valence-electron chi connectivity index (χ4n) is 1.88. The van der Waals surface area contributed by atoms with E-state index in [1.807, 2.05) is 32.9 Å². The Morgan fingerprint density at radius 3 is 2.67 bits per heavy atom. The lowest BCUT2D eigenvalue weighted by Gasteiger charge is -2.24. The molecule has 0 fully saturated rings. The van der Waals surface area contributed by atoms with Crippen molar-refractivity contribution in [3.8, 4) is 0 Å². The third-order valence-electron chi connectivity index (χ3n) is 2.61. The predicted octanol–water partition coefficient (Wildman–Crippen LogP) is 4.35. The van der Waals surface area contributed by atoms with Gasteiger partial charge >= 0.3 is 6.09 Å². The van der Waals surface area contributed by atoms with Gasteiger partial charge in [-0.05, 0) is 44.0 Å². The summed E-state index contributed by atoms with van der Waals surface area (Å²) in [7, 11) is 0. The molecule has 0 unspecified atom stereocenters. The zero-order chi connectivity index (χ0) is 13.5. The normalized spacial score (nSPS) is 14.6. The van der Waals surface area contributed by atoms with Crippen LogP contribution in [0, 0.1) is 0 Å². The molecule has 0 N–H and O–H groups in total. The maximum absolute atomic E-state index is 12.0. The van der Waals surface area contributed by atoms with Gasteiger partial charge in [-0.1, -0.05) is 27.5 Å². The monoisotopic (exact) mass is 331 g/mol. The first kappa shape index (κ1) is 13.7. The van der Waals surface area contributed by atoms with Crippen LogP contribution in [0.3, 0.4) is 0 Å². The van der Waals surface area contributed by atoms with E-state index in [1.165, 1.54) is 0 Å². The van der Waals surface area contributed by atoms with E-state index in [0.717, 1.165) is 15.6 Å². The summed E-state index contributed by atoms with van der Waals surface area (Å²) in [4.78, 5) is 13.6. The summed E-state index contributed by atoms with van der Waals surface area (Å²) in [5.41, 5.74) is 1.60. The number of nitrogens with zero attached hydrogens (tertiary/aromatic N) is 1. The van der Waals surface area contributed by atoms with E-state index in [1.54, 1.807) is 4.90 Å². The average Bonchev–Trinajstić information content (AvgIpc) is 2.58. The number of ether oxygens (including phenoxy) is 1. The highest BCUT2D eigenvalue weighted by molar-refractivity contribution is 9.10. The average molecular weight is 333 g/mol. The number of rotatable bonds is 0. The van der Waals surface area contributed by atoms with Gasteiger partial charge in [0.05, 0.1) is 6.54 Å². The Kier molecular flexibility index (Phi) is 3.60. The lowest BCUT2D eigenvalue weighted by atomic mass is 10.1. The molecule has 0 atom stereocenters. The third-order valence-corrected chi connectivity index (χ3v) is 3.41. The molecule has 1 aromatic rings. The molecular formula is C13H15BrClNO2. The molecule has 0 spiro atoms. The summed E-state index contributed by atoms with van der Waals surface area (Å²) in [6.45, 7) is 6.63. The second-order valence-electron chi connectivity index (χ2n) is 5.36. The molecule has 1 aliphatic rings. The van der Waals surface area contributed by atoms with Crippen molar-refractivity contribution in [2.24, 2.45) is 0 Å². The third kappa shape index (κ3) is 2.98. The maximum Gasteiger partial charge on any atom is 0.410 e. The molecular weight excluding hydrogens is 318 g/mol. The highest BCUT2D eigenvalue weighted by Crippen LogP contribution is 2.33. The van der Waals surface area contributed by atoms with Crippen LogP contribution in [0.1, 0.15) is 31.9 Å². The van der Waals surface area contributed by atoms with Crippen molar-refractivity contribution >= 4 is 33.6 Å². The molecule has 1 aromatic carbocycles. The summed E-state index contributed by atoms with van der Waals surface area (Å²) < 4.78 is 6.28. The highest BCUT2D eigenvalue weighted by Gasteiger charge is 2.29. The van der Waals surface area contributed by atoms with Crippen molar-refractivity contribution < 1.29 is 9.53 Å². The molecule has 0 aromatic heterocycles. The zero-order valence-electron chi connectivity index (χ0n) is 10.6. The molecule has 3 nitrogen and oxygen atoms in total. The summed E-state index contributed by atoms with van der Waals surface area (Å²) in [6, 6.07) is 3.84. The molecule has 0 saturated carbocycles. The van der Waals surface area contributed by atoms with E-state index >= 15 is 0 Å². The van der Waals surface area contributed by atoms with Gasteiger partial charge in [-0.25, -0.2) is 4.79 Å². The Morgan fingerprint density at radius 1 is 1.39 bits per heavy atom. The Morgan fingerprint density at radius 2 is 2.06 bits per heavy atom. The number of carbonyl (C=O) groups excluding carboxylic acids is 1. The molecule has 2 rings (SSSR count). The van der Waals surface area contributed by atoms with Crippen molar-refractivity contribution in [1.82, 2.24) is 4.90 Å². The highest BCUT2D eigenvalue weighted by atomic mass is 79.9. The smallest absolute Gasteiger partial charge is 0.410 e. The SMILES string of the molecule is CC(C)(C)OC(=O)N1Cc2cc(Br)cc(Cl)c2C1. The van der Waals surface area contributed by atoms with Gasteiger partial charge in [0.15, 0.2) is 0 Å². The largest absolute Gasteiger partial charge is 0.444 e. The van der Waals surface area contributed by atoms with E-state index in [4.69, 9.17) is 16.3 Å². The fourth-order valence-corrected chi connectivity index (χ4v) is 2.82. The van der Waals surface area contributed by atoms with Gasteiger partial charge in [-0.3, -0.25) is 4.90 Å². The molecule has 0 bridgehead atoms. The number of carbonyl (C=O) groups is 1. The van der Waals surface area contributed by atoms with Crippen molar-refractivity contribution in [2.45, 2.75) is 39.5 Å². The van der Waals surface area contributed by atoms with Gasteiger partial charge in [0.25, 0.3) is 0 Å². The minimum Gasteiger partial charge on any atom is -0.444 e. The Bertz CT molecular complexity index is 496. The van der Waals surface area contributed by atoms with Crippen LogP contribution in [0.4, 0.5) is 4.79 Å². The van der Waals surface area contributed by atoms with Crippen LogP contribution in [0.25, 0.3) is 0 Å². The van der Waals surface area contributed by atoms with E-state index in [-0.39, 0.29) is 6.09 Å². The van der Waals surface area contributed by atoms with Crippen molar-refractivity contribution in [1.29, 1.82) is 0 Å². The quantitative estimate of drug-likeness (QED) is 0.707. The number of benzene rings is 1. The van der Waals surface area contributed by atoms with Crippen molar-refractivity contribution in [3.05, 3.63) is 32.8 Å². The van der Waals surface area contributed by atoms with Crippen LogP contribution in [0.2, 0.25) is 5.02 Å². The first-order chi connectivity index (χ1) is 8.26. The number of hydrogen-bond donors (Lipinski definition) is 0. The molecule has 18 heavy (non-hydrogen) atoms. The molecule has 0 saturated heterocycles. The van der Waals surface area contributed by atoms with E-state index in [2.05, 4.69) is 15.9 Å². The summed E-state index contributed by atoms with van der Waals surface area (Å²) >= 11 is 9.57. The van der Waals surface area contributed by atoms with Gasteiger partial charge in [0.2, 0.25) is 0 Å². The van der Waals surface area contributed by atoms with Crippen LogP contribution in [0.5, 0.6) is 0 Å². The van der Waals surface area contributed by atoms with Gasteiger partial charge in [0, 0.05) is 16.0 Å². The van der Waals surface area contributed by atoms with Gasteiger partial charge < -0.3 is 4.74 Å². The van der Waals surface area contributed by atoms with Gasteiger partial charge in [0.1, 0.15) is 5.60 Å². The van der Waals surface area contributed by atoms with Crippen LogP contribution in [0.15, 0.2) is 16.6 Å². The van der Waals surface area contributed by atoms with Gasteiger partial charge in [-0.2, -0.15) is 0 Å². The molecule has 0 radical (unpaired) electrons. The van der Waals surface area contributed by atoms with Crippen LogP contribution >= 0.6 is 27.5 Å². The minimum absolute atomic E-state index is 0.300. The standard InChI is InChI=1S/C13H15BrClNO2/c1-13(2,3)18-12(17)16-6-8-4-9(14)5-11(15)10(8)7-16/h4-5H,6-7H2,1-3H3. The number of halogens is 2. The lowest BCUT2D eigenvalue weighted by molar-refractivity contribution is 0.0242. The van der Waals surface area contributed by atoms with Crippen molar-refractivity contribution in [3.63, 3.8) is 0 Å². The minimum atomic E-state index is -0.476. The second kappa shape index (κ2) is 4.74.